The molecule has 2 rings (SSSR count). The summed E-state index contributed by atoms with van der Waals surface area (Å²) in [5.74, 6) is -3.68. The Morgan fingerprint density at radius 1 is 1.33 bits per heavy atom. The Hall–Kier alpha value is -2.41. The summed E-state index contributed by atoms with van der Waals surface area (Å²) in [4.78, 5) is 36.9. The average molecular weight is 398 g/mol. The quantitative estimate of drug-likeness (QED) is 0.588. The van der Waals surface area contributed by atoms with Gasteiger partial charge in [0, 0.05) is 16.1 Å². The lowest BCUT2D eigenvalue weighted by atomic mass is 9.70. The number of Topliss-reactive ketones (excluding diaryl/α,β-unsaturated/α-hetero) is 1. The number of amides is 1. The van der Waals surface area contributed by atoms with Crippen LogP contribution in [0.25, 0.3) is 5.76 Å². The van der Waals surface area contributed by atoms with Crippen molar-refractivity contribution in [2.45, 2.75) is 33.1 Å². The number of fused-ring (bicyclic) bond motifs is 1. The maximum atomic E-state index is 14.4. The molecule has 1 aliphatic rings. The van der Waals surface area contributed by atoms with Crippen LogP contribution in [0, 0.1) is 11.7 Å². The van der Waals surface area contributed by atoms with Gasteiger partial charge in [0.15, 0.2) is 5.78 Å². The molecule has 0 atom stereocenters. The molecule has 0 aromatic heterocycles. The standard InChI is InChI=1S/C19H21ClFNO5/c1-9(2)8-27-13(23)7-22-18(26)14-16(24)11-5-10(20)6-12(21)15(11)19(3,4)17(14)25/h5-6,9,24H,7-8H2,1-4H3,(H,22,26). The van der Waals surface area contributed by atoms with E-state index in [2.05, 4.69) is 5.32 Å². The summed E-state index contributed by atoms with van der Waals surface area (Å²) in [6.45, 7) is 6.34. The van der Waals surface area contributed by atoms with Crippen molar-refractivity contribution < 1.29 is 28.6 Å². The Morgan fingerprint density at radius 3 is 2.56 bits per heavy atom. The first kappa shape index (κ1) is 20.9. The third-order valence-corrected chi connectivity index (χ3v) is 4.38. The van der Waals surface area contributed by atoms with Crippen molar-refractivity contribution in [3.8, 4) is 0 Å². The Balaban J connectivity index is 2.34. The zero-order chi connectivity index (χ0) is 20.5. The number of aliphatic hydroxyl groups excluding tert-OH is 1. The molecule has 6 nitrogen and oxygen atoms in total. The Morgan fingerprint density at radius 2 is 1.96 bits per heavy atom. The molecule has 1 aliphatic carbocycles. The molecule has 146 valence electrons. The highest BCUT2D eigenvalue weighted by molar-refractivity contribution is 6.32. The highest BCUT2D eigenvalue weighted by Gasteiger charge is 2.45. The van der Waals surface area contributed by atoms with E-state index in [0.29, 0.717) is 0 Å². The highest BCUT2D eigenvalue weighted by Crippen LogP contribution is 2.41. The average Bonchev–Trinajstić information content (AvgIpc) is 2.55. The number of nitrogens with one attached hydrogen (secondary N) is 1. The van der Waals surface area contributed by atoms with Gasteiger partial charge >= 0.3 is 5.97 Å². The van der Waals surface area contributed by atoms with Crippen molar-refractivity contribution in [3.63, 3.8) is 0 Å². The molecule has 0 aliphatic heterocycles. The van der Waals surface area contributed by atoms with Gasteiger partial charge in [-0.25, -0.2) is 4.39 Å². The summed E-state index contributed by atoms with van der Waals surface area (Å²) in [5, 5.41) is 12.7. The Labute approximate surface area is 161 Å². The Kier molecular flexibility index (Phi) is 5.94. The lowest BCUT2D eigenvalue weighted by molar-refractivity contribution is -0.144. The van der Waals surface area contributed by atoms with Gasteiger partial charge in [0.1, 0.15) is 23.7 Å². The number of halogens is 2. The van der Waals surface area contributed by atoms with Crippen LogP contribution in [-0.4, -0.2) is 35.9 Å². The van der Waals surface area contributed by atoms with Gasteiger partial charge in [0.05, 0.1) is 12.0 Å². The van der Waals surface area contributed by atoms with Crippen LogP contribution >= 0.6 is 11.6 Å². The van der Waals surface area contributed by atoms with E-state index in [-0.39, 0.29) is 28.7 Å². The second-order valence-electron chi connectivity index (χ2n) is 7.25. The lowest BCUT2D eigenvalue weighted by Crippen LogP contribution is -2.43. The van der Waals surface area contributed by atoms with E-state index < -0.39 is 46.8 Å². The van der Waals surface area contributed by atoms with Gasteiger partial charge in [-0.1, -0.05) is 25.4 Å². The fourth-order valence-corrected chi connectivity index (χ4v) is 3.03. The SMILES string of the molecule is CC(C)COC(=O)CNC(=O)C1=C(O)c2cc(Cl)cc(F)c2C(C)(C)C1=O. The maximum Gasteiger partial charge on any atom is 0.325 e. The highest BCUT2D eigenvalue weighted by atomic mass is 35.5. The minimum absolute atomic E-state index is 0.0139. The summed E-state index contributed by atoms with van der Waals surface area (Å²) in [7, 11) is 0. The molecule has 0 unspecified atom stereocenters. The van der Waals surface area contributed by atoms with Gasteiger partial charge in [-0.2, -0.15) is 0 Å². The number of carbonyl (C=O) groups excluding carboxylic acids is 3. The minimum atomic E-state index is -1.40. The summed E-state index contributed by atoms with van der Waals surface area (Å²) >= 11 is 5.85. The van der Waals surface area contributed by atoms with Crippen molar-refractivity contribution in [1.82, 2.24) is 5.32 Å². The molecular weight excluding hydrogens is 377 g/mol. The van der Waals surface area contributed by atoms with Crippen molar-refractivity contribution >= 4 is 35.0 Å². The number of carbonyl (C=O) groups is 3. The second-order valence-corrected chi connectivity index (χ2v) is 7.68. The number of benzene rings is 1. The van der Waals surface area contributed by atoms with Crippen LogP contribution in [0.3, 0.4) is 0 Å². The smallest absolute Gasteiger partial charge is 0.325 e. The molecule has 0 bridgehead atoms. The maximum absolute atomic E-state index is 14.4. The van der Waals surface area contributed by atoms with Gasteiger partial charge in [-0.05, 0) is 31.9 Å². The largest absolute Gasteiger partial charge is 0.506 e. The molecule has 27 heavy (non-hydrogen) atoms. The molecule has 0 radical (unpaired) electrons. The topological polar surface area (TPSA) is 92.7 Å². The fraction of sp³-hybridized carbons (Fsp3) is 0.421. The number of hydrogen-bond acceptors (Lipinski definition) is 5. The first-order valence-corrected chi connectivity index (χ1v) is 8.76. The van der Waals surface area contributed by atoms with Gasteiger partial charge in [0.2, 0.25) is 0 Å². The van der Waals surface area contributed by atoms with E-state index in [0.717, 1.165) is 6.07 Å². The molecule has 0 fully saturated rings. The summed E-state index contributed by atoms with van der Waals surface area (Å²) in [5.41, 5.74) is -2.02. The number of aliphatic hydroxyl groups is 1. The summed E-state index contributed by atoms with van der Waals surface area (Å²) in [6.07, 6.45) is 0. The Bertz CT molecular complexity index is 845. The number of ketones is 1. The van der Waals surface area contributed by atoms with E-state index in [4.69, 9.17) is 16.3 Å². The van der Waals surface area contributed by atoms with Crippen molar-refractivity contribution in [3.05, 3.63) is 39.7 Å². The van der Waals surface area contributed by atoms with Crippen LogP contribution in [0.5, 0.6) is 0 Å². The summed E-state index contributed by atoms with van der Waals surface area (Å²) in [6, 6.07) is 2.33. The summed E-state index contributed by atoms with van der Waals surface area (Å²) < 4.78 is 19.3. The normalized spacial score (nSPS) is 15.6. The van der Waals surface area contributed by atoms with Crippen molar-refractivity contribution in [1.29, 1.82) is 0 Å². The van der Waals surface area contributed by atoms with E-state index in [1.165, 1.54) is 19.9 Å². The van der Waals surface area contributed by atoms with Gasteiger partial charge in [-0.3, -0.25) is 14.4 Å². The van der Waals surface area contributed by atoms with E-state index in [9.17, 15) is 23.9 Å². The van der Waals surface area contributed by atoms with Crippen LogP contribution < -0.4 is 5.32 Å². The molecule has 0 heterocycles. The third kappa shape index (κ3) is 4.13. The predicted molar refractivity (Wildman–Crippen MR) is 97.8 cm³/mol. The molecule has 1 aromatic rings. The number of esters is 1. The minimum Gasteiger partial charge on any atom is -0.506 e. The molecule has 0 saturated carbocycles. The molecule has 1 amide bonds. The second kappa shape index (κ2) is 7.68. The fourth-order valence-electron chi connectivity index (χ4n) is 2.83. The van der Waals surface area contributed by atoms with Crippen LogP contribution in [0.4, 0.5) is 4.39 Å². The van der Waals surface area contributed by atoms with Crippen LogP contribution in [0.2, 0.25) is 5.02 Å². The number of hydrogen-bond donors (Lipinski definition) is 2. The molecule has 1 aromatic carbocycles. The molecule has 2 N–H and O–H groups in total. The zero-order valence-electron chi connectivity index (χ0n) is 15.5. The zero-order valence-corrected chi connectivity index (χ0v) is 16.2. The molecule has 0 saturated heterocycles. The number of ether oxygens (including phenoxy) is 1. The van der Waals surface area contributed by atoms with Crippen LogP contribution in [0.1, 0.15) is 38.8 Å². The van der Waals surface area contributed by atoms with Gasteiger partial charge in [0.25, 0.3) is 5.91 Å². The van der Waals surface area contributed by atoms with Gasteiger partial charge < -0.3 is 15.2 Å². The molecule has 8 heteroatoms. The van der Waals surface area contributed by atoms with E-state index in [1.54, 1.807) is 0 Å². The monoisotopic (exact) mass is 397 g/mol. The van der Waals surface area contributed by atoms with E-state index >= 15 is 0 Å². The first-order chi connectivity index (χ1) is 12.5. The molecular formula is C19H21ClFNO5. The first-order valence-electron chi connectivity index (χ1n) is 8.38. The van der Waals surface area contributed by atoms with Crippen LogP contribution in [0.15, 0.2) is 17.7 Å². The van der Waals surface area contributed by atoms with Gasteiger partial charge in [-0.15, -0.1) is 0 Å². The predicted octanol–water partition coefficient (Wildman–Crippen LogP) is 2.92. The van der Waals surface area contributed by atoms with Crippen molar-refractivity contribution in [2.24, 2.45) is 5.92 Å². The van der Waals surface area contributed by atoms with Crippen LogP contribution in [-0.2, 0) is 24.5 Å². The molecule has 0 spiro atoms. The number of rotatable bonds is 5. The van der Waals surface area contributed by atoms with E-state index in [1.807, 2.05) is 13.8 Å². The third-order valence-electron chi connectivity index (χ3n) is 4.16. The van der Waals surface area contributed by atoms with Crippen molar-refractivity contribution in [2.75, 3.05) is 13.2 Å². The lowest BCUT2D eigenvalue weighted by Gasteiger charge is -2.32.